The van der Waals surface area contributed by atoms with Gasteiger partial charge in [-0.15, -0.1) is 0 Å². The molecule has 0 bridgehead atoms. The monoisotopic (exact) mass is 329 g/mol. The summed E-state index contributed by atoms with van der Waals surface area (Å²) in [4.78, 5) is 22.7. The Morgan fingerprint density at radius 3 is 2.63 bits per heavy atom. The first-order chi connectivity index (χ1) is 8.95. The summed E-state index contributed by atoms with van der Waals surface area (Å²) in [7, 11) is 0. The largest absolute Gasteiger partial charge is 0.507 e. The highest BCUT2D eigenvalue weighted by Gasteiger charge is 2.17. The van der Waals surface area contributed by atoms with E-state index < -0.39 is 17.8 Å². The number of phenols is 1. The molecule has 5 nitrogen and oxygen atoms in total. The number of hydrogen-bond donors (Lipinski definition) is 3. The second-order valence-corrected chi connectivity index (χ2v) is 5.05. The minimum absolute atomic E-state index is 0.0315. The van der Waals surface area contributed by atoms with Gasteiger partial charge in [0.05, 0.1) is 10.4 Å². The van der Waals surface area contributed by atoms with E-state index in [-0.39, 0.29) is 12.3 Å². The zero-order valence-electron chi connectivity index (χ0n) is 10.5. The van der Waals surface area contributed by atoms with E-state index in [2.05, 4.69) is 21.2 Å². The second-order valence-electron chi connectivity index (χ2n) is 4.20. The average molecular weight is 330 g/mol. The number of aromatic hydroxyl groups is 1. The molecule has 0 aromatic heterocycles. The Hall–Kier alpha value is -1.56. The molecule has 1 atom stereocenters. The lowest BCUT2D eigenvalue weighted by molar-refractivity contribution is -0.141. The average Bonchev–Trinajstić information content (AvgIpc) is 2.37. The van der Waals surface area contributed by atoms with E-state index in [0.717, 1.165) is 6.42 Å². The third-order valence-electron chi connectivity index (χ3n) is 2.70. The van der Waals surface area contributed by atoms with E-state index >= 15 is 0 Å². The van der Waals surface area contributed by atoms with Gasteiger partial charge in [0.25, 0.3) is 5.91 Å². The van der Waals surface area contributed by atoms with Crippen LogP contribution in [-0.2, 0) is 4.79 Å². The Morgan fingerprint density at radius 1 is 1.42 bits per heavy atom. The summed E-state index contributed by atoms with van der Waals surface area (Å²) in [5, 5.41) is 21.0. The van der Waals surface area contributed by atoms with Gasteiger partial charge in [-0.25, -0.2) is 0 Å². The van der Waals surface area contributed by atoms with Crippen LogP contribution in [0.25, 0.3) is 0 Å². The fourth-order valence-corrected chi connectivity index (χ4v) is 1.88. The SMILES string of the molecule is CCCC(CNC(=O)c1ccc(Br)c(O)c1)C(=O)O. The normalized spacial score (nSPS) is 11.9. The van der Waals surface area contributed by atoms with Crippen LogP contribution in [0.3, 0.4) is 0 Å². The van der Waals surface area contributed by atoms with Gasteiger partial charge in [-0.3, -0.25) is 9.59 Å². The number of aliphatic carboxylic acids is 1. The maximum absolute atomic E-state index is 11.8. The number of amides is 1. The zero-order chi connectivity index (χ0) is 14.4. The fraction of sp³-hybridized carbons (Fsp3) is 0.385. The van der Waals surface area contributed by atoms with Gasteiger partial charge in [0, 0.05) is 12.1 Å². The molecule has 0 heterocycles. The second kappa shape index (κ2) is 7.13. The number of carboxylic acids is 1. The summed E-state index contributed by atoms with van der Waals surface area (Å²) in [6, 6.07) is 4.44. The van der Waals surface area contributed by atoms with Crippen LogP contribution in [0.4, 0.5) is 0 Å². The van der Waals surface area contributed by atoms with E-state index in [1.807, 2.05) is 6.92 Å². The maximum atomic E-state index is 11.8. The Bertz CT molecular complexity index is 476. The summed E-state index contributed by atoms with van der Waals surface area (Å²) in [5.41, 5.74) is 0.293. The van der Waals surface area contributed by atoms with Crippen LogP contribution in [0, 0.1) is 5.92 Å². The number of carbonyl (C=O) groups excluding carboxylic acids is 1. The highest BCUT2D eigenvalue weighted by Crippen LogP contribution is 2.24. The molecule has 0 radical (unpaired) electrons. The number of benzene rings is 1. The van der Waals surface area contributed by atoms with Crippen LogP contribution in [-0.4, -0.2) is 28.6 Å². The molecule has 1 aromatic rings. The highest BCUT2D eigenvalue weighted by molar-refractivity contribution is 9.10. The predicted molar refractivity (Wildman–Crippen MR) is 74.2 cm³/mol. The molecule has 0 aliphatic rings. The minimum Gasteiger partial charge on any atom is -0.507 e. The molecular weight excluding hydrogens is 314 g/mol. The van der Waals surface area contributed by atoms with Gasteiger partial charge in [0.2, 0.25) is 0 Å². The Kier molecular flexibility index (Phi) is 5.82. The Balaban J connectivity index is 2.63. The Labute approximate surface area is 119 Å². The van der Waals surface area contributed by atoms with Crippen LogP contribution in [0.2, 0.25) is 0 Å². The quantitative estimate of drug-likeness (QED) is 0.747. The third-order valence-corrected chi connectivity index (χ3v) is 3.37. The molecule has 104 valence electrons. The van der Waals surface area contributed by atoms with E-state index in [1.165, 1.54) is 6.07 Å². The van der Waals surface area contributed by atoms with Crippen molar-refractivity contribution in [2.75, 3.05) is 6.54 Å². The predicted octanol–water partition coefficient (Wildman–Crippen LogP) is 2.39. The van der Waals surface area contributed by atoms with Crippen LogP contribution >= 0.6 is 15.9 Å². The van der Waals surface area contributed by atoms with Crippen molar-refractivity contribution in [1.82, 2.24) is 5.32 Å². The molecule has 0 aliphatic heterocycles. The molecule has 0 fully saturated rings. The van der Waals surface area contributed by atoms with Gasteiger partial charge in [0.1, 0.15) is 5.75 Å². The van der Waals surface area contributed by atoms with Crippen LogP contribution in [0.15, 0.2) is 22.7 Å². The molecule has 1 rings (SSSR count). The number of carbonyl (C=O) groups is 2. The summed E-state index contributed by atoms with van der Waals surface area (Å²) < 4.78 is 0.499. The first kappa shape index (κ1) is 15.5. The summed E-state index contributed by atoms with van der Waals surface area (Å²) in [6.07, 6.45) is 1.26. The summed E-state index contributed by atoms with van der Waals surface area (Å²) in [5.74, 6) is -1.93. The number of hydrogen-bond acceptors (Lipinski definition) is 3. The standard InChI is InChI=1S/C13H16BrNO4/c1-2-3-9(13(18)19)7-15-12(17)8-4-5-10(14)11(16)6-8/h4-6,9,16H,2-3,7H2,1H3,(H,15,17)(H,18,19). The molecular formula is C13H16BrNO4. The molecule has 19 heavy (non-hydrogen) atoms. The van der Waals surface area contributed by atoms with Crippen molar-refractivity contribution < 1.29 is 19.8 Å². The molecule has 1 aromatic carbocycles. The minimum atomic E-state index is -0.916. The van der Waals surface area contributed by atoms with Crippen molar-refractivity contribution >= 4 is 27.8 Å². The number of nitrogens with one attached hydrogen (secondary N) is 1. The molecule has 6 heteroatoms. The third kappa shape index (κ3) is 4.55. The fourth-order valence-electron chi connectivity index (χ4n) is 1.63. The van der Waals surface area contributed by atoms with Crippen molar-refractivity contribution in [3.8, 4) is 5.75 Å². The lowest BCUT2D eigenvalue weighted by atomic mass is 10.0. The molecule has 0 spiro atoms. The number of rotatable bonds is 6. The molecule has 1 amide bonds. The van der Waals surface area contributed by atoms with Crippen molar-refractivity contribution in [2.24, 2.45) is 5.92 Å². The van der Waals surface area contributed by atoms with Gasteiger partial charge < -0.3 is 15.5 Å². The summed E-state index contributed by atoms with van der Waals surface area (Å²) >= 11 is 3.12. The summed E-state index contributed by atoms with van der Waals surface area (Å²) in [6.45, 7) is 1.98. The van der Waals surface area contributed by atoms with E-state index in [1.54, 1.807) is 12.1 Å². The van der Waals surface area contributed by atoms with Crippen molar-refractivity contribution in [1.29, 1.82) is 0 Å². The van der Waals surface area contributed by atoms with Gasteiger partial charge in [0.15, 0.2) is 0 Å². The van der Waals surface area contributed by atoms with Crippen LogP contribution in [0.1, 0.15) is 30.1 Å². The van der Waals surface area contributed by atoms with E-state index in [4.69, 9.17) is 5.11 Å². The molecule has 0 saturated carbocycles. The number of halogens is 1. The number of carboxylic acid groups (broad SMARTS) is 1. The van der Waals surface area contributed by atoms with Gasteiger partial charge in [-0.2, -0.15) is 0 Å². The molecule has 3 N–H and O–H groups in total. The molecule has 1 unspecified atom stereocenters. The van der Waals surface area contributed by atoms with Crippen LogP contribution < -0.4 is 5.32 Å². The lowest BCUT2D eigenvalue weighted by Gasteiger charge is -2.12. The van der Waals surface area contributed by atoms with Crippen LogP contribution in [0.5, 0.6) is 5.75 Å². The van der Waals surface area contributed by atoms with Crippen molar-refractivity contribution in [3.63, 3.8) is 0 Å². The molecule has 0 saturated heterocycles. The van der Waals surface area contributed by atoms with Crippen molar-refractivity contribution in [3.05, 3.63) is 28.2 Å². The first-order valence-electron chi connectivity index (χ1n) is 5.95. The maximum Gasteiger partial charge on any atom is 0.308 e. The number of phenolic OH excluding ortho intramolecular Hbond substituents is 1. The van der Waals surface area contributed by atoms with Gasteiger partial charge >= 0.3 is 5.97 Å². The smallest absolute Gasteiger partial charge is 0.308 e. The first-order valence-corrected chi connectivity index (χ1v) is 6.74. The molecule has 0 aliphatic carbocycles. The zero-order valence-corrected chi connectivity index (χ0v) is 12.1. The Morgan fingerprint density at radius 2 is 2.11 bits per heavy atom. The van der Waals surface area contributed by atoms with E-state index in [0.29, 0.717) is 16.5 Å². The van der Waals surface area contributed by atoms with Crippen molar-refractivity contribution in [2.45, 2.75) is 19.8 Å². The lowest BCUT2D eigenvalue weighted by Crippen LogP contribution is -2.32. The highest BCUT2D eigenvalue weighted by atomic mass is 79.9. The van der Waals surface area contributed by atoms with Gasteiger partial charge in [-0.1, -0.05) is 13.3 Å². The van der Waals surface area contributed by atoms with Gasteiger partial charge in [-0.05, 0) is 40.5 Å². The van der Waals surface area contributed by atoms with E-state index in [9.17, 15) is 14.7 Å². The topological polar surface area (TPSA) is 86.6 Å².